The van der Waals surface area contributed by atoms with Gasteiger partial charge >= 0.3 is 15.9 Å². The summed E-state index contributed by atoms with van der Waals surface area (Å²) in [5, 5.41) is 3.98. The molecule has 2 aromatic carbocycles. The van der Waals surface area contributed by atoms with Crippen LogP contribution in [0.1, 0.15) is 29.5 Å². The van der Waals surface area contributed by atoms with Crippen LogP contribution in [0.5, 0.6) is 0 Å². The average Bonchev–Trinajstić information content (AvgIpc) is 2.66. The van der Waals surface area contributed by atoms with E-state index in [9.17, 15) is 12.8 Å². The van der Waals surface area contributed by atoms with Crippen molar-refractivity contribution in [2.45, 2.75) is 31.1 Å². The zero-order valence-corrected chi connectivity index (χ0v) is 17.4. The first-order chi connectivity index (χ1) is 13.7. The molecular formula is C19H19ClFN5O2S+2. The third-order valence-electron chi connectivity index (χ3n) is 5.46. The topological polar surface area (TPSA) is 102 Å². The maximum Gasteiger partial charge on any atom is 0.441 e. The predicted octanol–water partition coefficient (Wildman–Crippen LogP) is 3.25. The molecule has 2 aliphatic heterocycles. The van der Waals surface area contributed by atoms with Crippen LogP contribution in [0.15, 0.2) is 40.3 Å². The number of nitrogens with one attached hydrogen (secondary N) is 1. The summed E-state index contributed by atoms with van der Waals surface area (Å²) in [5.74, 6) is 5.00. The van der Waals surface area contributed by atoms with Crippen molar-refractivity contribution in [3.63, 3.8) is 0 Å². The molecule has 0 saturated heterocycles. The molecular weight excluding hydrogens is 417 g/mol. The van der Waals surface area contributed by atoms with Gasteiger partial charge in [0.1, 0.15) is 10.7 Å². The third-order valence-corrected chi connectivity index (χ3v) is 7.61. The number of sulfonamides is 1. The second-order valence-corrected chi connectivity index (χ2v) is 9.39. The average molecular weight is 436 g/mol. The maximum absolute atomic E-state index is 14.8. The van der Waals surface area contributed by atoms with E-state index in [1.165, 1.54) is 22.2 Å². The number of aryl methyl sites for hydroxylation is 1. The second-order valence-electron chi connectivity index (χ2n) is 7.12. The first-order valence-electron chi connectivity index (χ1n) is 8.95. The molecule has 29 heavy (non-hydrogen) atoms. The molecule has 0 saturated carbocycles. The quantitative estimate of drug-likeness (QED) is 0.377. The smallest absolute Gasteiger partial charge is 0.268 e. The number of amidine groups is 1. The summed E-state index contributed by atoms with van der Waals surface area (Å²) in [6.07, 6.45) is 0.421. The minimum absolute atomic E-state index is 0.0281. The zero-order chi connectivity index (χ0) is 21.1. The molecule has 0 amide bonds. The summed E-state index contributed by atoms with van der Waals surface area (Å²) in [4.78, 5) is 0.135. The first kappa shape index (κ1) is 19.7. The number of nitrogens with zero attached hydrogens (tertiary/aromatic N) is 3. The van der Waals surface area contributed by atoms with Crippen LogP contribution < -0.4 is 5.84 Å². The number of hydrazone groups is 1. The monoisotopic (exact) mass is 435 g/mol. The van der Waals surface area contributed by atoms with Crippen molar-refractivity contribution in [1.29, 1.82) is 5.53 Å². The third kappa shape index (κ3) is 2.79. The van der Waals surface area contributed by atoms with Crippen molar-refractivity contribution in [1.82, 2.24) is 0 Å². The van der Waals surface area contributed by atoms with Gasteiger partial charge in [0, 0.05) is 11.4 Å². The van der Waals surface area contributed by atoms with Gasteiger partial charge in [-0.1, -0.05) is 23.2 Å². The summed E-state index contributed by atoms with van der Waals surface area (Å²) in [5.41, 5.74) is 9.83. The Labute approximate surface area is 172 Å². The van der Waals surface area contributed by atoms with Crippen molar-refractivity contribution in [2.75, 3.05) is 6.54 Å². The van der Waals surface area contributed by atoms with Crippen molar-refractivity contribution in [2.24, 2.45) is 11.0 Å². The van der Waals surface area contributed by atoms with Crippen LogP contribution in [0.3, 0.4) is 0 Å². The molecule has 0 bridgehead atoms. The number of rotatable bonds is 0. The van der Waals surface area contributed by atoms with E-state index in [-0.39, 0.29) is 28.6 Å². The van der Waals surface area contributed by atoms with Gasteiger partial charge in [-0.05, 0) is 49.2 Å². The van der Waals surface area contributed by atoms with Crippen molar-refractivity contribution < 1.29 is 21.5 Å². The minimum Gasteiger partial charge on any atom is -0.268 e. The number of fused-ring (bicyclic) bond motifs is 2. The van der Waals surface area contributed by atoms with Gasteiger partial charge in [0.05, 0.1) is 16.6 Å². The normalized spacial score (nSPS) is 22.8. The molecule has 1 atom stereocenters. The fourth-order valence-electron chi connectivity index (χ4n) is 4.13. The summed E-state index contributed by atoms with van der Waals surface area (Å²) in [6, 6.07) is 7.53. The molecule has 7 nitrogen and oxygen atoms in total. The molecule has 2 aliphatic rings. The Kier molecular flexibility index (Phi) is 4.54. The van der Waals surface area contributed by atoms with Gasteiger partial charge in [-0.3, -0.25) is 5.84 Å². The highest BCUT2D eigenvalue weighted by Crippen LogP contribution is 2.37. The van der Waals surface area contributed by atoms with Gasteiger partial charge in [-0.15, -0.1) is 8.67 Å². The lowest BCUT2D eigenvalue weighted by atomic mass is 9.88. The lowest BCUT2D eigenvalue weighted by molar-refractivity contribution is -0.458. The summed E-state index contributed by atoms with van der Waals surface area (Å²) >= 11 is 6.01. The van der Waals surface area contributed by atoms with Gasteiger partial charge in [0.2, 0.25) is 0 Å². The molecule has 3 N–H and O–H groups in total. The Balaban J connectivity index is 2.06. The maximum atomic E-state index is 14.8. The molecule has 0 aromatic heterocycles. The lowest BCUT2D eigenvalue weighted by Gasteiger charge is -2.23. The minimum atomic E-state index is -3.96. The van der Waals surface area contributed by atoms with Gasteiger partial charge in [-0.25, -0.2) is 4.39 Å². The fourth-order valence-corrected chi connectivity index (χ4v) is 6.12. The van der Waals surface area contributed by atoms with Gasteiger partial charge < -0.3 is 0 Å². The SMILES string of the molecule is Cc1ccc(F)c2c1[N+](N)=C(N=N)/C(=[N+]1/CCc3cc(Cl)ccc3S1(=O)=O)[C@@H]2C. The number of halogens is 2. The first-order valence-corrected chi connectivity index (χ1v) is 10.8. The number of hydrazine groups is 1. The Morgan fingerprint density at radius 1 is 1.31 bits per heavy atom. The fraction of sp³-hybridized carbons (Fsp3) is 0.263. The van der Waals surface area contributed by atoms with E-state index in [0.717, 1.165) is 4.68 Å². The van der Waals surface area contributed by atoms with Crippen molar-refractivity contribution in [3.05, 3.63) is 57.9 Å². The van der Waals surface area contributed by atoms with E-state index >= 15 is 0 Å². The van der Waals surface area contributed by atoms with Crippen LogP contribution in [-0.2, 0) is 16.4 Å². The number of benzene rings is 2. The van der Waals surface area contributed by atoms with Crippen LogP contribution in [0.2, 0.25) is 5.02 Å². The van der Waals surface area contributed by atoms with Gasteiger partial charge in [0.15, 0.2) is 12.2 Å². The molecule has 0 fully saturated rings. The zero-order valence-electron chi connectivity index (χ0n) is 15.8. The predicted molar refractivity (Wildman–Crippen MR) is 106 cm³/mol. The molecule has 0 radical (unpaired) electrons. The number of hydrogen-bond acceptors (Lipinski definition) is 5. The van der Waals surface area contributed by atoms with E-state index in [1.807, 2.05) is 0 Å². The second kappa shape index (κ2) is 6.70. The Hall–Kier alpha value is -2.65. The molecule has 2 heterocycles. The molecule has 4 rings (SSSR count). The van der Waals surface area contributed by atoms with Crippen LogP contribution in [0, 0.1) is 18.3 Å². The van der Waals surface area contributed by atoms with Crippen molar-refractivity contribution in [3.8, 4) is 0 Å². The van der Waals surface area contributed by atoms with E-state index in [2.05, 4.69) is 5.11 Å². The largest absolute Gasteiger partial charge is 0.441 e. The highest BCUT2D eigenvalue weighted by atomic mass is 35.5. The highest BCUT2D eigenvalue weighted by Gasteiger charge is 2.49. The van der Waals surface area contributed by atoms with E-state index in [0.29, 0.717) is 28.3 Å². The van der Waals surface area contributed by atoms with Crippen LogP contribution in [-0.4, -0.2) is 35.2 Å². The van der Waals surface area contributed by atoms with Crippen LogP contribution in [0.4, 0.5) is 10.1 Å². The Morgan fingerprint density at radius 3 is 2.72 bits per heavy atom. The van der Waals surface area contributed by atoms with E-state index < -0.39 is 21.8 Å². The number of nitrogens with two attached hydrogens (primary N) is 1. The summed E-state index contributed by atoms with van der Waals surface area (Å²) in [7, 11) is -3.96. The van der Waals surface area contributed by atoms with Crippen LogP contribution in [0.25, 0.3) is 0 Å². The number of hydrogen-bond donors (Lipinski definition) is 2. The molecule has 0 unspecified atom stereocenters. The molecule has 10 heteroatoms. The molecule has 0 aliphatic carbocycles. The molecule has 150 valence electrons. The summed E-state index contributed by atoms with van der Waals surface area (Å²) in [6.45, 7) is 3.59. The molecule has 2 aromatic rings. The van der Waals surface area contributed by atoms with Crippen LogP contribution >= 0.6 is 11.6 Å². The van der Waals surface area contributed by atoms with Crippen molar-refractivity contribution >= 4 is 38.9 Å². The Morgan fingerprint density at radius 2 is 2.03 bits per heavy atom. The summed E-state index contributed by atoms with van der Waals surface area (Å²) < 4.78 is 43.8. The Bertz CT molecular complexity index is 1250. The lowest BCUT2D eigenvalue weighted by Crippen LogP contribution is -2.45. The molecule has 0 spiro atoms. The van der Waals surface area contributed by atoms with E-state index in [1.54, 1.807) is 26.0 Å². The van der Waals surface area contributed by atoms with Gasteiger partial charge in [0.25, 0.3) is 5.71 Å². The standard InChI is InChI=1S/C19H18ClFN5O2S/c1-10-3-5-14(21)16-11(2)18(19(24-22)26(23)17(10)16)25-8-7-12-9-13(20)4-6-15(12)29(25,27)28/h3-6,9,11,22-23H,7-8H2,1-2H3/q+1/p+1/t11-/m1/s1. The highest BCUT2D eigenvalue weighted by molar-refractivity contribution is 7.85. The van der Waals surface area contributed by atoms with Gasteiger partial charge in [-0.2, -0.15) is 8.42 Å². The van der Waals surface area contributed by atoms with E-state index in [4.69, 9.17) is 23.0 Å².